The topological polar surface area (TPSA) is 109 Å². The molecule has 0 saturated carbocycles. The van der Waals surface area contributed by atoms with Gasteiger partial charge in [-0.1, -0.05) is 18.2 Å². The molecule has 0 radical (unpaired) electrons. The lowest BCUT2D eigenvalue weighted by atomic mass is 9.97. The number of para-hydroxylation sites is 2. The van der Waals surface area contributed by atoms with E-state index in [1.807, 2.05) is 6.92 Å². The Morgan fingerprint density at radius 1 is 1.00 bits per heavy atom. The molecule has 1 atom stereocenters. The molecule has 1 saturated heterocycles. The summed E-state index contributed by atoms with van der Waals surface area (Å²) in [6, 6.07) is 15.1. The average molecular weight is 460 g/mol. The van der Waals surface area contributed by atoms with Crippen LogP contribution in [0.2, 0.25) is 0 Å². The van der Waals surface area contributed by atoms with Gasteiger partial charge in [-0.05, 0) is 50.2 Å². The molecule has 1 aliphatic rings. The lowest BCUT2D eigenvalue weighted by Crippen LogP contribution is -2.29. The van der Waals surface area contributed by atoms with Crippen molar-refractivity contribution in [1.29, 1.82) is 0 Å². The minimum absolute atomic E-state index is 0.135. The van der Waals surface area contributed by atoms with Gasteiger partial charge in [-0.15, -0.1) is 0 Å². The van der Waals surface area contributed by atoms with Crippen molar-refractivity contribution >= 4 is 23.1 Å². The molecule has 174 valence electrons. The van der Waals surface area contributed by atoms with Crippen LogP contribution in [0.5, 0.6) is 17.2 Å². The normalized spacial score (nSPS) is 17.1. The van der Waals surface area contributed by atoms with Crippen LogP contribution < -0.4 is 14.4 Å². The zero-order valence-corrected chi connectivity index (χ0v) is 18.8. The Labute approximate surface area is 196 Å². The summed E-state index contributed by atoms with van der Waals surface area (Å²) >= 11 is 0. The van der Waals surface area contributed by atoms with Crippen LogP contribution in [0.15, 0.2) is 72.4 Å². The van der Waals surface area contributed by atoms with Gasteiger partial charge in [-0.2, -0.15) is 0 Å². The summed E-state index contributed by atoms with van der Waals surface area (Å²) in [5, 5.41) is 21.8. The van der Waals surface area contributed by atoms with Crippen LogP contribution in [0.3, 0.4) is 0 Å². The van der Waals surface area contributed by atoms with Crippen LogP contribution in [0.1, 0.15) is 31.1 Å². The van der Waals surface area contributed by atoms with Gasteiger partial charge in [-0.25, -0.2) is 0 Å². The van der Waals surface area contributed by atoms with E-state index in [0.717, 1.165) is 4.90 Å². The Morgan fingerprint density at radius 3 is 2.41 bits per heavy atom. The summed E-state index contributed by atoms with van der Waals surface area (Å²) in [4.78, 5) is 31.9. The Kier molecular flexibility index (Phi) is 6.49. The van der Waals surface area contributed by atoms with Crippen molar-refractivity contribution in [1.82, 2.24) is 4.98 Å². The van der Waals surface area contributed by atoms with Gasteiger partial charge < -0.3 is 19.7 Å². The van der Waals surface area contributed by atoms with Crippen LogP contribution in [0.4, 0.5) is 5.69 Å². The van der Waals surface area contributed by atoms with E-state index in [9.17, 15) is 19.8 Å². The van der Waals surface area contributed by atoms with Crippen molar-refractivity contribution in [2.75, 3.05) is 18.1 Å². The largest absolute Gasteiger partial charge is 0.507 e. The monoisotopic (exact) mass is 460 g/mol. The Morgan fingerprint density at radius 2 is 1.74 bits per heavy atom. The number of benzene rings is 2. The second-order valence-electron chi connectivity index (χ2n) is 7.44. The maximum absolute atomic E-state index is 13.3. The fraction of sp³-hybridized carbons (Fsp3) is 0.192. The van der Waals surface area contributed by atoms with Gasteiger partial charge in [0.2, 0.25) is 0 Å². The standard InChI is InChI=1S/C26H24N2O6/c1-3-33-16-12-13-17(21(15-16)34-4-2)24(30)22-23(18-9-7-8-14-27-18)28(26(32)25(22)31)19-10-5-6-11-20(19)29/h5-15,23,29-30H,3-4H2,1-2H3/b24-22-. The number of aliphatic hydroxyl groups is 1. The van der Waals surface area contributed by atoms with Crippen molar-refractivity contribution in [2.45, 2.75) is 19.9 Å². The Hall–Kier alpha value is -4.33. The van der Waals surface area contributed by atoms with Gasteiger partial charge >= 0.3 is 0 Å². The van der Waals surface area contributed by atoms with E-state index in [1.165, 1.54) is 18.3 Å². The molecule has 4 rings (SSSR count). The van der Waals surface area contributed by atoms with Crippen molar-refractivity contribution in [3.8, 4) is 17.2 Å². The molecule has 1 amide bonds. The van der Waals surface area contributed by atoms with Gasteiger partial charge in [0.25, 0.3) is 11.7 Å². The fourth-order valence-electron chi connectivity index (χ4n) is 3.94. The number of rotatable bonds is 7. The zero-order chi connectivity index (χ0) is 24.2. The molecule has 8 heteroatoms. The number of amides is 1. The van der Waals surface area contributed by atoms with Gasteiger partial charge in [0.05, 0.1) is 35.7 Å². The summed E-state index contributed by atoms with van der Waals surface area (Å²) in [7, 11) is 0. The molecule has 2 heterocycles. The van der Waals surface area contributed by atoms with E-state index in [-0.39, 0.29) is 22.6 Å². The minimum Gasteiger partial charge on any atom is -0.507 e. The molecule has 0 aliphatic carbocycles. The number of carbonyl (C=O) groups excluding carboxylic acids is 2. The van der Waals surface area contributed by atoms with Gasteiger partial charge in [0.1, 0.15) is 29.0 Å². The number of aromatic nitrogens is 1. The molecule has 3 aromatic rings. The number of hydrogen-bond acceptors (Lipinski definition) is 7. The zero-order valence-electron chi connectivity index (χ0n) is 18.8. The first-order valence-corrected chi connectivity index (χ1v) is 10.9. The fourth-order valence-corrected chi connectivity index (χ4v) is 3.94. The van der Waals surface area contributed by atoms with Gasteiger partial charge in [0, 0.05) is 12.3 Å². The lowest BCUT2D eigenvalue weighted by molar-refractivity contribution is -0.132. The van der Waals surface area contributed by atoms with E-state index >= 15 is 0 Å². The number of ketones is 1. The van der Waals surface area contributed by atoms with E-state index < -0.39 is 23.5 Å². The maximum Gasteiger partial charge on any atom is 0.300 e. The maximum atomic E-state index is 13.3. The number of anilines is 1. The molecule has 34 heavy (non-hydrogen) atoms. The van der Waals surface area contributed by atoms with E-state index in [2.05, 4.69) is 4.98 Å². The Bertz CT molecular complexity index is 1260. The number of phenols is 1. The molecular weight excluding hydrogens is 436 g/mol. The number of carbonyl (C=O) groups is 2. The second-order valence-corrected chi connectivity index (χ2v) is 7.44. The summed E-state index contributed by atoms with van der Waals surface area (Å²) in [6.07, 6.45) is 1.53. The SMILES string of the molecule is CCOc1ccc(/C(O)=C2/C(=O)C(=O)N(c3ccccc3O)C2c2ccccn2)c(OCC)c1. The number of Topliss-reactive ketones (excluding diaryl/α,β-unsaturated/α-hetero) is 1. The highest BCUT2D eigenvalue weighted by Gasteiger charge is 2.48. The molecule has 2 N–H and O–H groups in total. The first-order valence-electron chi connectivity index (χ1n) is 10.9. The Balaban J connectivity index is 1.94. The molecule has 1 fully saturated rings. The van der Waals surface area contributed by atoms with Gasteiger partial charge in [-0.3, -0.25) is 19.5 Å². The van der Waals surface area contributed by atoms with Gasteiger partial charge in [0.15, 0.2) is 0 Å². The van der Waals surface area contributed by atoms with Crippen LogP contribution in [-0.2, 0) is 9.59 Å². The lowest BCUT2D eigenvalue weighted by Gasteiger charge is -2.25. The highest BCUT2D eigenvalue weighted by Crippen LogP contribution is 2.45. The number of ether oxygens (including phenoxy) is 2. The summed E-state index contributed by atoms with van der Waals surface area (Å²) < 4.78 is 11.2. The third-order valence-electron chi connectivity index (χ3n) is 5.37. The highest BCUT2D eigenvalue weighted by molar-refractivity contribution is 6.51. The molecule has 0 spiro atoms. The number of phenolic OH excluding ortho intramolecular Hbond substituents is 1. The third kappa shape index (κ3) is 4.05. The third-order valence-corrected chi connectivity index (χ3v) is 5.37. The van der Waals surface area contributed by atoms with Crippen molar-refractivity contribution in [3.05, 3.63) is 83.7 Å². The van der Waals surface area contributed by atoms with Crippen molar-refractivity contribution in [3.63, 3.8) is 0 Å². The quantitative estimate of drug-likeness (QED) is 0.309. The van der Waals surface area contributed by atoms with Crippen molar-refractivity contribution in [2.24, 2.45) is 0 Å². The number of nitrogens with zero attached hydrogens (tertiary/aromatic N) is 2. The van der Waals surface area contributed by atoms with Crippen LogP contribution in [0.25, 0.3) is 5.76 Å². The molecule has 1 aromatic heterocycles. The minimum atomic E-state index is -1.06. The van der Waals surface area contributed by atoms with E-state index in [0.29, 0.717) is 30.4 Å². The molecule has 0 bridgehead atoms. The van der Waals surface area contributed by atoms with Crippen LogP contribution in [0, 0.1) is 0 Å². The van der Waals surface area contributed by atoms with Crippen LogP contribution in [-0.4, -0.2) is 40.1 Å². The first-order chi connectivity index (χ1) is 16.5. The van der Waals surface area contributed by atoms with Crippen LogP contribution >= 0.6 is 0 Å². The van der Waals surface area contributed by atoms with E-state index in [4.69, 9.17) is 9.47 Å². The predicted octanol–water partition coefficient (Wildman–Crippen LogP) is 4.21. The summed E-state index contributed by atoms with van der Waals surface area (Å²) in [5.74, 6) is -1.52. The molecule has 8 nitrogen and oxygen atoms in total. The summed E-state index contributed by atoms with van der Waals surface area (Å²) in [6.45, 7) is 4.40. The van der Waals surface area contributed by atoms with Crippen molar-refractivity contribution < 1.29 is 29.3 Å². The second kappa shape index (κ2) is 9.66. The molecule has 2 aromatic carbocycles. The number of pyridine rings is 1. The smallest absolute Gasteiger partial charge is 0.300 e. The van der Waals surface area contributed by atoms with E-state index in [1.54, 1.807) is 55.5 Å². The number of hydrogen-bond donors (Lipinski definition) is 2. The molecule has 1 aliphatic heterocycles. The average Bonchev–Trinajstić information content (AvgIpc) is 3.10. The predicted molar refractivity (Wildman–Crippen MR) is 126 cm³/mol. The first kappa shape index (κ1) is 22.8. The highest BCUT2D eigenvalue weighted by atomic mass is 16.5. The molecular formula is C26H24N2O6. The number of aliphatic hydroxyl groups excluding tert-OH is 1. The number of aromatic hydroxyl groups is 1. The summed E-state index contributed by atoms with van der Waals surface area (Å²) in [5.41, 5.74) is 0.574. The molecule has 1 unspecified atom stereocenters.